The van der Waals surface area contributed by atoms with Crippen LogP contribution in [0, 0.1) is 0 Å². The zero-order chi connectivity index (χ0) is 23.8. The maximum absolute atomic E-state index is 13.0. The van der Waals surface area contributed by atoms with Crippen LogP contribution in [0.3, 0.4) is 0 Å². The quantitative estimate of drug-likeness (QED) is 0.476. The molecule has 3 aliphatic heterocycles. The molecule has 3 amide bonds. The van der Waals surface area contributed by atoms with Gasteiger partial charge in [0.1, 0.15) is 6.04 Å². The van der Waals surface area contributed by atoms with Gasteiger partial charge in [0.25, 0.3) is 5.91 Å². The molecule has 1 N–H and O–H groups in total. The average Bonchev–Trinajstić information content (AvgIpc) is 3.15. The van der Waals surface area contributed by atoms with E-state index in [1.807, 2.05) is 12.1 Å². The second kappa shape index (κ2) is 9.31. The van der Waals surface area contributed by atoms with E-state index >= 15 is 0 Å². The Morgan fingerprint density at radius 3 is 2.44 bits per heavy atom. The molecule has 0 bridgehead atoms. The van der Waals surface area contributed by atoms with Crippen molar-refractivity contribution in [2.75, 3.05) is 37.6 Å². The molecule has 1 unspecified atom stereocenters. The number of anilines is 1. The van der Waals surface area contributed by atoms with Gasteiger partial charge in [-0.2, -0.15) is 0 Å². The molecule has 0 spiro atoms. The van der Waals surface area contributed by atoms with Crippen molar-refractivity contribution in [3.63, 3.8) is 0 Å². The van der Waals surface area contributed by atoms with E-state index in [1.54, 1.807) is 18.2 Å². The van der Waals surface area contributed by atoms with Crippen LogP contribution in [-0.2, 0) is 16.1 Å². The van der Waals surface area contributed by atoms with Gasteiger partial charge in [0.2, 0.25) is 11.8 Å². The number of carbonyl (C=O) groups excluding carboxylic acids is 4. The summed E-state index contributed by atoms with van der Waals surface area (Å²) in [5.74, 6) is -0.952. The molecular weight excluding hydrogens is 500 g/mol. The topological polar surface area (TPSA) is 90.0 Å². The highest BCUT2D eigenvalue weighted by Gasteiger charge is 2.39. The van der Waals surface area contributed by atoms with E-state index in [4.69, 9.17) is 0 Å². The van der Waals surface area contributed by atoms with Crippen LogP contribution in [0.15, 0.2) is 46.9 Å². The van der Waals surface area contributed by atoms with Crippen molar-refractivity contribution in [1.29, 1.82) is 0 Å². The van der Waals surface area contributed by atoms with Gasteiger partial charge >= 0.3 is 0 Å². The van der Waals surface area contributed by atoms with Crippen LogP contribution in [-0.4, -0.2) is 72.1 Å². The number of piperidine rings is 1. The third-order valence-corrected chi connectivity index (χ3v) is 7.31. The van der Waals surface area contributed by atoms with Crippen molar-refractivity contribution in [2.24, 2.45) is 0 Å². The van der Waals surface area contributed by atoms with E-state index < -0.39 is 11.9 Å². The van der Waals surface area contributed by atoms with Crippen molar-refractivity contribution < 1.29 is 19.2 Å². The Morgan fingerprint density at radius 1 is 1.00 bits per heavy atom. The second-order valence-corrected chi connectivity index (χ2v) is 9.85. The largest absolute Gasteiger partial charge is 0.369 e. The Balaban J connectivity index is 1.20. The van der Waals surface area contributed by atoms with Crippen LogP contribution >= 0.6 is 15.9 Å². The maximum Gasteiger partial charge on any atom is 0.255 e. The number of piperazine rings is 1. The standard InChI is InChI=1S/C25H25BrN4O4/c26-18-2-4-19(5-3-18)29-11-9-28(10-12-29)15-22(31)16-1-6-20-17(13-16)14-30(25(20)34)21-7-8-23(32)27-24(21)33/h1-6,13,21H,7-12,14-15H2,(H,27,32,33). The number of carbonyl (C=O) groups is 4. The fourth-order valence-electron chi connectivity index (χ4n) is 4.86. The van der Waals surface area contributed by atoms with E-state index in [1.165, 1.54) is 10.6 Å². The molecule has 0 saturated carbocycles. The van der Waals surface area contributed by atoms with Gasteiger partial charge in [-0.3, -0.25) is 29.4 Å². The molecule has 2 aromatic rings. The van der Waals surface area contributed by atoms with Crippen molar-refractivity contribution in [3.05, 3.63) is 63.6 Å². The molecule has 1 atom stereocenters. The minimum absolute atomic E-state index is 0.0202. The van der Waals surface area contributed by atoms with E-state index in [0.29, 0.717) is 24.1 Å². The fourth-order valence-corrected chi connectivity index (χ4v) is 5.12. The minimum atomic E-state index is -0.654. The number of hydrogen-bond acceptors (Lipinski definition) is 6. The first-order valence-corrected chi connectivity index (χ1v) is 12.2. The normalized spacial score (nSPS) is 21.0. The Kier molecular flexibility index (Phi) is 6.22. The molecule has 0 aromatic heterocycles. The van der Waals surface area contributed by atoms with Crippen LogP contribution in [0.4, 0.5) is 5.69 Å². The molecule has 2 aromatic carbocycles. The van der Waals surface area contributed by atoms with Crippen molar-refractivity contribution in [3.8, 4) is 0 Å². The molecule has 2 saturated heterocycles. The Labute approximate surface area is 206 Å². The SMILES string of the molecule is O=C1CCC(N2Cc3cc(C(=O)CN4CCN(c5ccc(Br)cc5)CC4)ccc3C2=O)C(=O)N1. The summed E-state index contributed by atoms with van der Waals surface area (Å²) in [4.78, 5) is 55.5. The number of fused-ring (bicyclic) bond motifs is 1. The van der Waals surface area contributed by atoms with Crippen LogP contribution in [0.1, 0.15) is 39.1 Å². The van der Waals surface area contributed by atoms with Crippen LogP contribution in [0.25, 0.3) is 0 Å². The lowest BCUT2D eigenvalue weighted by molar-refractivity contribution is -0.136. The second-order valence-electron chi connectivity index (χ2n) is 8.93. The summed E-state index contributed by atoms with van der Waals surface area (Å²) in [5.41, 5.74) is 3.02. The number of hydrogen-bond donors (Lipinski definition) is 1. The lowest BCUT2D eigenvalue weighted by Crippen LogP contribution is -2.52. The zero-order valence-corrected chi connectivity index (χ0v) is 20.2. The highest BCUT2D eigenvalue weighted by atomic mass is 79.9. The molecular formula is C25H25BrN4O4. The van der Waals surface area contributed by atoms with E-state index in [2.05, 4.69) is 43.2 Å². The number of halogens is 1. The molecule has 5 rings (SSSR count). The van der Waals surface area contributed by atoms with Gasteiger partial charge in [-0.15, -0.1) is 0 Å². The maximum atomic E-state index is 13.0. The highest BCUT2D eigenvalue weighted by molar-refractivity contribution is 9.10. The number of rotatable bonds is 5. The van der Waals surface area contributed by atoms with Gasteiger partial charge in [0.05, 0.1) is 6.54 Å². The Morgan fingerprint density at radius 2 is 1.74 bits per heavy atom. The first-order valence-electron chi connectivity index (χ1n) is 11.4. The average molecular weight is 525 g/mol. The van der Waals surface area contributed by atoms with Gasteiger partial charge in [0, 0.05) is 60.4 Å². The van der Waals surface area contributed by atoms with E-state index in [9.17, 15) is 19.2 Å². The summed E-state index contributed by atoms with van der Waals surface area (Å²) in [7, 11) is 0. The monoisotopic (exact) mass is 524 g/mol. The predicted molar refractivity (Wildman–Crippen MR) is 130 cm³/mol. The summed E-state index contributed by atoms with van der Waals surface area (Å²) in [6.45, 7) is 3.91. The number of nitrogens with one attached hydrogen (secondary N) is 1. The summed E-state index contributed by atoms with van der Waals surface area (Å²) in [6.07, 6.45) is 0.539. The Hall–Kier alpha value is -3.04. The number of nitrogens with zero attached hydrogens (tertiary/aromatic N) is 3. The van der Waals surface area contributed by atoms with Gasteiger partial charge in [-0.25, -0.2) is 0 Å². The van der Waals surface area contributed by atoms with Gasteiger partial charge in [0.15, 0.2) is 5.78 Å². The van der Waals surface area contributed by atoms with Gasteiger partial charge in [-0.1, -0.05) is 22.0 Å². The Bertz CT molecular complexity index is 1160. The molecule has 34 heavy (non-hydrogen) atoms. The van der Waals surface area contributed by atoms with E-state index in [-0.39, 0.29) is 30.6 Å². The summed E-state index contributed by atoms with van der Waals surface area (Å²) in [5, 5.41) is 2.31. The molecule has 0 radical (unpaired) electrons. The smallest absolute Gasteiger partial charge is 0.255 e. The lowest BCUT2D eigenvalue weighted by Gasteiger charge is -2.35. The van der Waals surface area contributed by atoms with Crippen LogP contribution in [0.5, 0.6) is 0 Å². The summed E-state index contributed by atoms with van der Waals surface area (Å²) in [6, 6.07) is 12.8. The molecule has 176 valence electrons. The zero-order valence-electron chi connectivity index (χ0n) is 18.6. The highest BCUT2D eigenvalue weighted by Crippen LogP contribution is 2.28. The molecule has 2 fully saturated rings. The molecule has 8 nitrogen and oxygen atoms in total. The predicted octanol–water partition coefficient (Wildman–Crippen LogP) is 2.21. The number of Topliss-reactive ketones (excluding diaryl/α,β-unsaturated/α-hetero) is 1. The molecule has 3 aliphatic rings. The van der Waals surface area contributed by atoms with Crippen molar-refractivity contribution >= 4 is 45.1 Å². The lowest BCUT2D eigenvalue weighted by atomic mass is 10.0. The number of amides is 3. The number of ketones is 1. The molecule has 9 heteroatoms. The van der Waals surface area contributed by atoms with Crippen LogP contribution < -0.4 is 10.2 Å². The van der Waals surface area contributed by atoms with Crippen molar-refractivity contribution in [1.82, 2.24) is 15.1 Å². The van der Waals surface area contributed by atoms with Crippen molar-refractivity contribution in [2.45, 2.75) is 25.4 Å². The molecule has 3 heterocycles. The molecule has 0 aliphatic carbocycles. The van der Waals surface area contributed by atoms with Gasteiger partial charge < -0.3 is 9.80 Å². The summed E-state index contributed by atoms with van der Waals surface area (Å²) < 4.78 is 1.05. The number of benzene rings is 2. The minimum Gasteiger partial charge on any atom is -0.369 e. The van der Waals surface area contributed by atoms with E-state index in [0.717, 1.165) is 36.2 Å². The number of imide groups is 1. The third kappa shape index (κ3) is 4.50. The fraction of sp³-hybridized carbons (Fsp3) is 0.360. The first kappa shape index (κ1) is 22.7. The third-order valence-electron chi connectivity index (χ3n) is 6.78. The first-order chi connectivity index (χ1) is 16.4. The van der Waals surface area contributed by atoms with Gasteiger partial charge in [-0.05, 0) is 48.4 Å². The van der Waals surface area contributed by atoms with Crippen LogP contribution in [0.2, 0.25) is 0 Å². The summed E-state index contributed by atoms with van der Waals surface area (Å²) >= 11 is 3.46.